The highest BCUT2D eigenvalue weighted by Gasteiger charge is 2.40. The van der Waals surface area contributed by atoms with Gasteiger partial charge in [-0.1, -0.05) is 26.3 Å². The monoisotopic (exact) mass is 406 g/mol. The van der Waals surface area contributed by atoms with E-state index in [1.807, 2.05) is 0 Å². The van der Waals surface area contributed by atoms with Crippen molar-refractivity contribution in [1.29, 1.82) is 0 Å². The molecule has 158 valence electrons. The summed E-state index contributed by atoms with van der Waals surface area (Å²) in [6.45, 7) is 11.2. The van der Waals surface area contributed by atoms with Crippen LogP contribution in [0.5, 0.6) is 0 Å². The van der Waals surface area contributed by atoms with E-state index in [2.05, 4.69) is 26.3 Å². The summed E-state index contributed by atoms with van der Waals surface area (Å²) in [7, 11) is 0. The van der Waals surface area contributed by atoms with Crippen LogP contribution in [0, 0.1) is 5.41 Å². The van der Waals surface area contributed by atoms with Gasteiger partial charge in [-0.2, -0.15) is 0 Å². The molecule has 0 aromatic carbocycles. The Labute approximate surface area is 169 Å². The first kappa shape index (κ1) is 26.2. The molecule has 0 fully saturated rings. The van der Waals surface area contributed by atoms with Gasteiger partial charge >= 0.3 is 0 Å². The Bertz CT molecular complexity index is 610. The first-order chi connectivity index (χ1) is 13.7. The van der Waals surface area contributed by atoms with Gasteiger partial charge in [0.1, 0.15) is 19.8 Å². The molecule has 0 unspecified atom stereocenters. The lowest BCUT2D eigenvalue weighted by Gasteiger charge is -2.31. The number of hydrogen-bond donors (Lipinski definition) is 0. The van der Waals surface area contributed by atoms with E-state index in [4.69, 9.17) is 14.2 Å². The molecule has 0 atom stereocenters. The molecule has 8 nitrogen and oxygen atoms in total. The van der Waals surface area contributed by atoms with Crippen LogP contribution in [0.1, 0.15) is 6.42 Å². The molecule has 0 bridgehead atoms. The van der Waals surface area contributed by atoms with Gasteiger partial charge in [0.05, 0.1) is 31.7 Å². The van der Waals surface area contributed by atoms with Crippen molar-refractivity contribution in [3.8, 4) is 0 Å². The first-order valence-electron chi connectivity index (χ1n) is 8.62. The quantitative estimate of drug-likeness (QED) is 0.231. The van der Waals surface area contributed by atoms with E-state index in [0.29, 0.717) is 0 Å². The molecule has 0 aliphatic heterocycles. The molecule has 0 amide bonds. The fourth-order valence-electron chi connectivity index (χ4n) is 2.00. The third-order valence-corrected chi connectivity index (χ3v) is 3.71. The van der Waals surface area contributed by atoms with Gasteiger partial charge in [0.15, 0.2) is 28.9 Å². The minimum atomic E-state index is -1.54. The second-order valence-corrected chi connectivity index (χ2v) is 6.04. The molecule has 0 aromatic heterocycles. The third kappa shape index (κ3) is 10.3. The maximum Gasteiger partial charge on any atom is 0.180 e. The summed E-state index contributed by atoms with van der Waals surface area (Å²) in [5.41, 5.74) is -1.54. The Kier molecular flexibility index (Phi) is 12.8. The van der Waals surface area contributed by atoms with Crippen molar-refractivity contribution in [2.24, 2.45) is 5.41 Å². The molecule has 0 radical (unpaired) electrons. The fraction of sp³-hybridized carbons (Fsp3) is 0.381. The van der Waals surface area contributed by atoms with Crippen LogP contribution >= 0.6 is 0 Å². The number of ketones is 5. The molecule has 0 saturated carbocycles. The smallest absolute Gasteiger partial charge is 0.180 e. The molecule has 0 saturated heterocycles. The van der Waals surface area contributed by atoms with Crippen LogP contribution in [0.4, 0.5) is 0 Å². The van der Waals surface area contributed by atoms with Gasteiger partial charge in [-0.3, -0.25) is 24.0 Å². The highest BCUT2D eigenvalue weighted by Crippen LogP contribution is 2.24. The molecular formula is C21H26O8. The van der Waals surface area contributed by atoms with E-state index in [-0.39, 0.29) is 39.6 Å². The number of carbonyl (C=O) groups excluding carboxylic acids is 5. The Morgan fingerprint density at radius 2 is 0.897 bits per heavy atom. The predicted molar refractivity (Wildman–Crippen MR) is 105 cm³/mol. The van der Waals surface area contributed by atoms with Crippen LogP contribution in [0.25, 0.3) is 0 Å². The van der Waals surface area contributed by atoms with Gasteiger partial charge in [-0.05, 0) is 24.3 Å². The molecule has 0 N–H and O–H groups in total. The third-order valence-electron chi connectivity index (χ3n) is 3.71. The fourth-order valence-corrected chi connectivity index (χ4v) is 2.00. The van der Waals surface area contributed by atoms with Gasteiger partial charge in [0, 0.05) is 0 Å². The van der Waals surface area contributed by atoms with Crippen molar-refractivity contribution in [3.63, 3.8) is 0 Å². The summed E-state index contributed by atoms with van der Waals surface area (Å²) < 4.78 is 15.9. The molecule has 0 heterocycles. The SMILES string of the molecule is C=CC(=O)COCC(COCC(=O)C=C)(COCC(=O)C=C)C(=O)CC(=O)C=C. The van der Waals surface area contributed by atoms with Gasteiger partial charge in [-0.25, -0.2) is 0 Å². The number of ether oxygens (including phenoxy) is 3. The maximum atomic E-state index is 12.8. The molecule has 8 heteroatoms. The van der Waals surface area contributed by atoms with Crippen molar-refractivity contribution in [2.45, 2.75) is 6.42 Å². The molecule has 0 aromatic rings. The summed E-state index contributed by atoms with van der Waals surface area (Å²) >= 11 is 0. The van der Waals surface area contributed by atoms with Gasteiger partial charge in [0.2, 0.25) is 0 Å². The molecule has 0 aliphatic carbocycles. The lowest BCUT2D eigenvalue weighted by molar-refractivity contribution is -0.150. The topological polar surface area (TPSA) is 113 Å². The van der Waals surface area contributed by atoms with Crippen LogP contribution in [0.2, 0.25) is 0 Å². The number of allylic oxidation sites excluding steroid dienone is 1. The average Bonchev–Trinajstić information content (AvgIpc) is 2.72. The van der Waals surface area contributed by atoms with Crippen LogP contribution in [0.15, 0.2) is 50.6 Å². The Morgan fingerprint density at radius 3 is 1.17 bits per heavy atom. The number of Topliss-reactive ketones (excluding diaryl/α,β-unsaturated/α-hetero) is 1. The largest absolute Gasteiger partial charge is 0.372 e. The van der Waals surface area contributed by atoms with Crippen LogP contribution in [-0.4, -0.2) is 68.6 Å². The van der Waals surface area contributed by atoms with Gasteiger partial charge in [-0.15, -0.1) is 0 Å². The molecule has 0 aliphatic rings. The van der Waals surface area contributed by atoms with E-state index in [1.54, 1.807) is 0 Å². The predicted octanol–water partition coefficient (Wildman–Crippen LogP) is 1.00. The van der Waals surface area contributed by atoms with Crippen molar-refractivity contribution in [2.75, 3.05) is 39.6 Å². The minimum absolute atomic E-state index is 0.347. The van der Waals surface area contributed by atoms with E-state index in [9.17, 15) is 24.0 Å². The standard InChI is InChI=1S/C21H26O8/c1-5-16(22)9-20(26)21(13-27-10-17(23)6-2,14-28-11-18(24)7-3)15-29-12-19(25)8-4/h5-8H,1-4,9-15H2. The maximum absolute atomic E-state index is 12.8. The number of rotatable bonds is 19. The van der Waals surface area contributed by atoms with Crippen LogP contribution in [-0.2, 0) is 38.2 Å². The van der Waals surface area contributed by atoms with Crippen molar-refractivity contribution in [3.05, 3.63) is 50.6 Å². The van der Waals surface area contributed by atoms with Gasteiger partial charge in [0.25, 0.3) is 0 Å². The molecule has 29 heavy (non-hydrogen) atoms. The summed E-state index contributed by atoms with van der Waals surface area (Å²) in [4.78, 5) is 58.8. The lowest BCUT2D eigenvalue weighted by atomic mass is 9.83. The van der Waals surface area contributed by atoms with E-state index in [0.717, 1.165) is 24.3 Å². The zero-order valence-corrected chi connectivity index (χ0v) is 16.4. The minimum Gasteiger partial charge on any atom is -0.372 e. The summed E-state index contributed by atoms with van der Waals surface area (Å²) in [6, 6.07) is 0. The van der Waals surface area contributed by atoms with Crippen molar-refractivity contribution >= 4 is 28.9 Å². The second kappa shape index (κ2) is 14.2. The van der Waals surface area contributed by atoms with Crippen LogP contribution < -0.4 is 0 Å². The zero-order valence-electron chi connectivity index (χ0n) is 16.4. The Balaban J connectivity index is 5.54. The molecule has 0 rings (SSSR count). The van der Waals surface area contributed by atoms with Gasteiger partial charge < -0.3 is 14.2 Å². The van der Waals surface area contributed by atoms with E-state index >= 15 is 0 Å². The molecule has 0 spiro atoms. The van der Waals surface area contributed by atoms with E-state index in [1.165, 1.54) is 0 Å². The summed E-state index contributed by atoms with van der Waals surface area (Å²) in [5.74, 6) is -2.39. The Hall–Kier alpha value is -2.81. The van der Waals surface area contributed by atoms with Crippen molar-refractivity contribution < 1.29 is 38.2 Å². The van der Waals surface area contributed by atoms with Crippen LogP contribution in [0.3, 0.4) is 0 Å². The lowest BCUT2D eigenvalue weighted by Crippen LogP contribution is -2.46. The van der Waals surface area contributed by atoms with Crippen molar-refractivity contribution in [1.82, 2.24) is 0 Å². The normalized spacial score (nSPS) is 10.6. The highest BCUT2D eigenvalue weighted by atomic mass is 16.5. The number of hydrogen-bond acceptors (Lipinski definition) is 8. The highest BCUT2D eigenvalue weighted by molar-refractivity contribution is 6.06. The zero-order chi connectivity index (χ0) is 22.3. The Morgan fingerprint density at radius 1 is 0.586 bits per heavy atom. The summed E-state index contributed by atoms with van der Waals surface area (Å²) in [6.07, 6.45) is 3.66. The number of carbonyl (C=O) groups is 5. The second-order valence-electron chi connectivity index (χ2n) is 6.04. The molecular weight excluding hydrogens is 380 g/mol. The van der Waals surface area contributed by atoms with E-state index < -0.39 is 40.8 Å². The first-order valence-corrected chi connectivity index (χ1v) is 8.62. The average molecular weight is 406 g/mol. The summed E-state index contributed by atoms with van der Waals surface area (Å²) in [5, 5.41) is 0.